The number of carbonyl (C=O) groups excluding carboxylic acids is 3. The van der Waals surface area contributed by atoms with Crippen LogP contribution >= 0.6 is 0 Å². The fourth-order valence-electron chi connectivity index (χ4n) is 4.57. The smallest absolute Gasteiger partial charge is 0.417 e. The topological polar surface area (TPSA) is 72.9 Å². The van der Waals surface area contributed by atoms with E-state index in [4.69, 9.17) is 9.47 Å². The van der Waals surface area contributed by atoms with Crippen molar-refractivity contribution in [3.63, 3.8) is 0 Å². The molecule has 1 aliphatic heterocycles. The van der Waals surface area contributed by atoms with E-state index in [2.05, 4.69) is 6.58 Å². The van der Waals surface area contributed by atoms with E-state index >= 15 is 0 Å². The van der Waals surface area contributed by atoms with Gasteiger partial charge in [0, 0.05) is 5.92 Å². The third-order valence-electron chi connectivity index (χ3n) is 5.72. The lowest BCUT2D eigenvalue weighted by Crippen LogP contribution is -2.48. The average molecular weight is 399 g/mol. The Morgan fingerprint density at radius 2 is 1.90 bits per heavy atom. The fourth-order valence-corrected chi connectivity index (χ4v) is 4.57. The maximum atomic E-state index is 13.7. The summed E-state index contributed by atoms with van der Waals surface area (Å²) >= 11 is 0. The van der Waals surface area contributed by atoms with Crippen molar-refractivity contribution in [3.8, 4) is 0 Å². The Bertz CT molecular complexity index is 825. The van der Waals surface area contributed by atoms with Gasteiger partial charge in [-0.15, -0.1) is 0 Å². The number of fused-ring (bicyclic) bond motifs is 1. The third-order valence-corrected chi connectivity index (χ3v) is 5.72. The Labute approximate surface area is 171 Å². The highest BCUT2D eigenvalue weighted by molar-refractivity contribution is 6.05. The summed E-state index contributed by atoms with van der Waals surface area (Å²) in [5.74, 6) is -1.36. The monoisotopic (exact) mass is 399 g/mol. The summed E-state index contributed by atoms with van der Waals surface area (Å²) in [6.07, 6.45) is 0.822. The van der Waals surface area contributed by atoms with Gasteiger partial charge in [0.05, 0.1) is 12.0 Å². The van der Waals surface area contributed by atoms with E-state index in [1.54, 1.807) is 27.7 Å². The first-order valence-corrected chi connectivity index (χ1v) is 10.1. The van der Waals surface area contributed by atoms with Crippen LogP contribution in [0.5, 0.6) is 0 Å². The summed E-state index contributed by atoms with van der Waals surface area (Å²) in [6.45, 7) is 11.2. The molecule has 0 aromatic heterocycles. The average Bonchev–Trinajstić information content (AvgIpc) is 3.08. The highest BCUT2D eigenvalue weighted by Gasteiger charge is 2.67. The lowest BCUT2D eigenvalue weighted by Gasteiger charge is -2.29. The van der Waals surface area contributed by atoms with Crippen LogP contribution in [0, 0.1) is 11.3 Å². The first kappa shape index (κ1) is 21.1. The highest BCUT2D eigenvalue weighted by Crippen LogP contribution is 2.57. The van der Waals surface area contributed by atoms with Gasteiger partial charge in [0.25, 0.3) is 0 Å². The second kappa shape index (κ2) is 7.65. The summed E-state index contributed by atoms with van der Waals surface area (Å²) < 4.78 is 10.7. The van der Waals surface area contributed by atoms with Gasteiger partial charge in [0.2, 0.25) is 5.91 Å². The zero-order valence-electron chi connectivity index (χ0n) is 17.6. The van der Waals surface area contributed by atoms with Gasteiger partial charge >= 0.3 is 12.1 Å². The Morgan fingerprint density at radius 3 is 2.48 bits per heavy atom. The normalized spacial score (nSPS) is 26.4. The van der Waals surface area contributed by atoms with Gasteiger partial charge in [0.15, 0.2) is 0 Å². The van der Waals surface area contributed by atoms with Crippen LogP contribution in [0.25, 0.3) is 0 Å². The second-order valence-electron chi connectivity index (χ2n) is 8.73. The molecule has 0 radical (unpaired) electrons. The molecule has 156 valence electrons. The number of carbonyl (C=O) groups is 3. The van der Waals surface area contributed by atoms with Crippen LogP contribution in [0.1, 0.15) is 46.1 Å². The molecule has 6 heteroatoms. The van der Waals surface area contributed by atoms with Crippen LogP contribution < -0.4 is 0 Å². The third kappa shape index (κ3) is 3.68. The quantitative estimate of drug-likeness (QED) is 0.567. The fraction of sp³-hybridized carbons (Fsp3) is 0.522. The van der Waals surface area contributed by atoms with Crippen molar-refractivity contribution in [3.05, 3.63) is 48.0 Å². The summed E-state index contributed by atoms with van der Waals surface area (Å²) in [5.41, 5.74) is -0.0765. The molecular weight excluding hydrogens is 370 g/mol. The molecule has 0 bridgehead atoms. The molecule has 2 aliphatic rings. The van der Waals surface area contributed by atoms with E-state index in [9.17, 15) is 14.4 Å². The number of likely N-dealkylation sites (tertiary alicyclic amines) is 1. The van der Waals surface area contributed by atoms with E-state index in [0.717, 1.165) is 16.0 Å². The number of rotatable bonds is 4. The number of benzene rings is 1. The van der Waals surface area contributed by atoms with E-state index in [1.807, 2.05) is 30.3 Å². The molecule has 29 heavy (non-hydrogen) atoms. The van der Waals surface area contributed by atoms with Crippen molar-refractivity contribution < 1.29 is 23.9 Å². The molecule has 3 rings (SSSR count). The predicted molar refractivity (Wildman–Crippen MR) is 108 cm³/mol. The maximum Gasteiger partial charge on any atom is 0.417 e. The van der Waals surface area contributed by atoms with Crippen molar-refractivity contribution in [1.82, 2.24) is 4.90 Å². The number of esters is 1. The molecule has 1 aliphatic carbocycles. The van der Waals surface area contributed by atoms with Crippen LogP contribution in [0.3, 0.4) is 0 Å². The Hall–Kier alpha value is -2.63. The molecule has 1 heterocycles. The first-order chi connectivity index (χ1) is 13.6. The van der Waals surface area contributed by atoms with E-state index in [0.29, 0.717) is 19.3 Å². The van der Waals surface area contributed by atoms with Gasteiger partial charge in [0.1, 0.15) is 11.6 Å². The van der Waals surface area contributed by atoms with Crippen LogP contribution in [-0.2, 0) is 25.5 Å². The molecule has 0 unspecified atom stereocenters. The van der Waals surface area contributed by atoms with E-state index < -0.39 is 35.0 Å². The number of hydrogen-bond donors (Lipinski definition) is 0. The minimum absolute atomic E-state index is 0.172. The van der Waals surface area contributed by atoms with Crippen molar-refractivity contribution in [2.75, 3.05) is 6.61 Å². The number of ether oxygens (including phenoxy) is 2. The molecule has 1 aromatic rings. The van der Waals surface area contributed by atoms with Crippen molar-refractivity contribution >= 4 is 18.0 Å². The minimum Gasteiger partial charge on any atom is -0.464 e. The number of imide groups is 1. The molecule has 0 spiro atoms. The standard InChI is InChI=1S/C23H29NO5/c1-6-28-19(25)18-17-13-12-15(2)23(17,14-16-10-8-7-9-11-16)20(26)24(18)21(27)29-22(3,4)5/h7-11,17-18H,2,6,12-14H2,1,3-5H3/t17-,18+,23-/m1/s1. The van der Waals surface area contributed by atoms with Gasteiger partial charge in [-0.25, -0.2) is 14.5 Å². The molecule has 6 nitrogen and oxygen atoms in total. The molecule has 1 aromatic carbocycles. The Balaban J connectivity index is 2.07. The van der Waals surface area contributed by atoms with Gasteiger partial charge in [-0.3, -0.25) is 4.79 Å². The van der Waals surface area contributed by atoms with Gasteiger partial charge in [-0.2, -0.15) is 0 Å². The molecule has 0 N–H and O–H groups in total. The zero-order chi connectivity index (χ0) is 21.4. The van der Waals surface area contributed by atoms with Crippen LogP contribution in [0.2, 0.25) is 0 Å². The molecule has 1 saturated carbocycles. The second-order valence-corrected chi connectivity index (χ2v) is 8.73. The van der Waals surface area contributed by atoms with Crippen molar-refractivity contribution in [2.45, 2.75) is 58.6 Å². The highest BCUT2D eigenvalue weighted by atomic mass is 16.6. The molecule has 1 saturated heterocycles. The lowest BCUT2D eigenvalue weighted by atomic mass is 9.71. The number of amides is 2. The molecule has 2 amide bonds. The molecule has 3 atom stereocenters. The summed E-state index contributed by atoms with van der Waals surface area (Å²) in [5, 5.41) is 0. The van der Waals surface area contributed by atoms with E-state index in [1.165, 1.54) is 0 Å². The predicted octanol–water partition coefficient (Wildman–Crippen LogP) is 3.89. The summed E-state index contributed by atoms with van der Waals surface area (Å²) in [6, 6.07) is 8.62. The summed E-state index contributed by atoms with van der Waals surface area (Å²) in [4.78, 5) is 40.5. The van der Waals surface area contributed by atoms with Gasteiger partial charge in [-0.1, -0.05) is 42.5 Å². The molecule has 2 fully saturated rings. The Kier molecular flexibility index (Phi) is 5.57. The largest absolute Gasteiger partial charge is 0.464 e. The van der Waals surface area contributed by atoms with Crippen molar-refractivity contribution in [2.24, 2.45) is 11.3 Å². The Morgan fingerprint density at radius 1 is 1.24 bits per heavy atom. The molecular formula is C23H29NO5. The van der Waals surface area contributed by atoms with Crippen LogP contribution in [0.4, 0.5) is 4.79 Å². The lowest BCUT2D eigenvalue weighted by molar-refractivity contribution is -0.152. The SMILES string of the molecule is C=C1CC[C@@H]2[C@@H](C(=O)OCC)N(C(=O)OC(C)(C)C)C(=O)[C@]12Cc1ccccc1. The van der Waals surface area contributed by atoms with Gasteiger partial charge < -0.3 is 9.47 Å². The number of hydrogen-bond acceptors (Lipinski definition) is 5. The zero-order valence-corrected chi connectivity index (χ0v) is 17.6. The van der Waals surface area contributed by atoms with Gasteiger partial charge in [-0.05, 0) is 52.5 Å². The maximum absolute atomic E-state index is 13.7. The van der Waals surface area contributed by atoms with Crippen LogP contribution in [-0.4, -0.2) is 41.1 Å². The van der Waals surface area contributed by atoms with E-state index in [-0.39, 0.29) is 12.5 Å². The minimum atomic E-state index is -1.00. The van der Waals surface area contributed by atoms with Crippen LogP contribution in [0.15, 0.2) is 42.5 Å². The first-order valence-electron chi connectivity index (χ1n) is 10.1. The summed E-state index contributed by atoms with van der Waals surface area (Å²) in [7, 11) is 0. The number of nitrogens with zero attached hydrogens (tertiary/aromatic N) is 1. The van der Waals surface area contributed by atoms with Crippen molar-refractivity contribution in [1.29, 1.82) is 0 Å².